The van der Waals surface area contributed by atoms with Gasteiger partial charge >= 0.3 is 5.97 Å². The zero-order valence-electron chi connectivity index (χ0n) is 14.4. The number of nitrogens with zero attached hydrogens (tertiary/aromatic N) is 2. The molecule has 0 spiro atoms. The maximum Gasteiger partial charge on any atom is 0.339 e. The Morgan fingerprint density at radius 3 is 2.44 bits per heavy atom. The van der Waals surface area contributed by atoms with E-state index in [4.69, 9.17) is 0 Å². The first-order chi connectivity index (χ1) is 12.2. The van der Waals surface area contributed by atoms with Crippen molar-refractivity contribution in [3.8, 4) is 0 Å². The Bertz CT molecular complexity index is 720. The zero-order valence-corrected chi connectivity index (χ0v) is 14.4. The number of carbonyl (C=O) groups is 2. The number of methoxy groups -OCH3 is 1. The first-order valence-electron chi connectivity index (χ1n) is 8.55. The fourth-order valence-corrected chi connectivity index (χ4v) is 3.21. The van der Waals surface area contributed by atoms with E-state index in [9.17, 15) is 9.59 Å². The molecular weight excluding hydrogens is 316 g/mol. The molecule has 1 fully saturated rings. The van der Waals surface area contributed by atoms with Crippen LogP contribution in [0.25, 0.3) is 0 Å². The predicted molar refractivity (Wildman–Crippen MR) is 94.4 cm³/mol. The first-order valence-corrected chi connectivity index (χ1v) is 8.55. The van der Waals surface area contributed by atoms with Crippen LogP contribution in [0.4, 0.5) is 0 Å². The molecule has 0 saturated carbocycles. The van der Waals surface area contributed by atoms with Gasteiger partial charge in [0, 0.05) is 19.3 Å². The summed E-state index contributed by atoms with van der Waals surface area (Å²) in [4.78, 5) is 30.0. The van der Waals surface area contributed by atoms with E-state index in [-0.39, 0.29) is 5.91 Å². The fraction of sp³-hybridized carbons (Fsp3) is 0.350. The second kappa shape index (κ2) is 7.92. The van der Waals surface area contributed by atoms with E-state index in [0.29, 0.717) is 17.2 Å². The highest BCUT2D eigenvalue weighted by molar-refractivity contribution is 5.94. The van der Waals surface area contributed by atoms with Crippen LogP contribution in [0.2, 0.25) is 0 Å². The summed E-state index contributed by atoms with van der Waals surface area (Å²) in [6.07, 6.45) is 4.46. The predicted octanol–water partition coefficient (Wildman–Crippen LogP) is 2.96. The number of rotatable bonds is 4. The Kier molecular flexibility index (Phi) is 5.43. The van der Waals surface area contributed by atoms with Crippen LogP contribution >= 0.6 is 0 Å². The fourth-order valence-electron chi connectivity index (χ4n) is 3.21. The molecule has 1 aromatic carbocycles. The van der Waals surface area contributed by atoms with Crippen LogP contribution in [-0.2, 0) is 11.2 Å². The molecule has 1 amide bonds. The number of aromatic nitrogens is 1. The quantitative estimate of drug-likeness (QED) is 0.804. The summed E-state index contributed by atoms with van der Waals surface area (Å²) in [5, 5.41) is 0. The van der Waals surface area contributed by atoms with Gasteiger partial charge in [0.05, 0.1) is 12.7 Å². The van der Waals surface area contributed by atoms with E-state index in [1.807, 2.05) is 11.0 Å². The van der Waals surface area contributed by atoms with Crippen molar-refractivity contribution in [3.05, 3.63) is 65.5 Å². The lowest BCUT2D eigenvalue weighted by Crippen LogP contribution is -2.39. The van der Waals surface area contributed by atoms with Crippen molar-refractivity contribution in [2.75, 3.05) is 20.2 Å². The molecule has 2 aromatic rings. The normalized spacial score (nSPS) is 15.0. The molecule has 1 aliphatic heterocycles. The molecule has 0 atom stereocenters. The second-order valence-corrected chi connectivity index (χ2v) is 6.35. The van der Waals surface area contributed by atoms with Crippen LogP contribution < -0.4 is 0 Å². The van der Waals surface area contributed by atoms with Gasteiger partial charge in [-0.05, 0) is 42.9 Å². The number of hydrogen-bond donors (Lipinski definition) is 0. The van der Waals surface area contributed by atoms with Crippen LogP contribution in [0, 0.1) is 5.92 Å². The number of hydrogen-bond acceptors (Lipinski definition) is 4. The summed E-state index contributed by atoms with van der Waals surface area (Å²) in [5.41, 5.74) is 2.07. The minimum absolute atomic E-state index is 0.0745. The Morgan fingerprint density at radius 2 is 1.84 bits per heavy atom. The van der Waals surface area contributed by atoms with Crippen LogP contribution in [-0.4, -0.2) is 42.0 Å². The highest BCUT2D eigenvalue weighted by atomic mass is 16.5. The van der Waals surface area contributed by atoms with Gasteiger partial charge in [-0.2, -0.15) is 0 Å². The summed E-state index contributed by atoms with van der Waals surface area (Å²) < 4.78 is 4.64. The van der Waals surface area contributed by atoms with Crippen molar-refractivity contribution in [1.29, 1.82) is 0 Å². The summed E-state index contributed by atoms with van der Waals surface area (Å²) in [6, 6.07) is 13.6. The van der Waals surface area contributed by atoms with Crippen molar-refractivity contribution in [1.82, 2.24) is 9.88 Å². The Hall–Kier alpha value is -2.69. The summed E-state index contributed by atoms with van der Waals surface area (Å²) in [6.45, 7) is 1.49. The van der Waals surface area contributed by atoms with Crippen molar-refractivity contribution in [2.45, 2.75) is 19.3 Å². The molecule has 0 N–H and O–H groups in total. The molecule has 0 aliphatic carbocycles. The van der Waals surface area contributed by atoms with Crippen LogP contribution in [0.3, 0.4) is 0 Å². The molecule has 5 nitrogen and oxygen atoms in total. The molecule has 1 aliphatic rings. The second-order valence-electron chi connectivity index (χ2n) is 6.35. The minimum Gasteiger partial charge on any atom is -0.465 e. The maximum atomic E-state index is 12.6. The number of ether oxygens (including phenoxy) is 1. The van der Waals surface area contributed by atoms with Crippen LogP contribution in [0.1, 0.15) is 39.3 Å². The Morgan fingerprint density at radius 1 is 1.12 bits per heavy atom. The van der Waals surface area contributed by atoms with Gasteiger partial charge in [0.2, 0.25) is 0 Å². The lowest BCUT2D eigenvalue weighted by atomic mass is 9.90. The highest BCUT2D eigenvalue weighted by Crippen LogP contribution is 2.22. The average Bonchev–Trinajstić information content (AvgIpc) is 2.68. The number of likely N-dealkylation sites (tertiary alicyclic amines) is 1. The third kappa shape index (κ3) is 4.24. The molecule has 0 unspecified atom stereocenters. The van der Waals surface area contributed by atoms with Crippen molar-refractivity contribution >= 4 is 11.9 Å². The minimum atomic E-state index is -0.451. The molecule has 25 heavy (non-hydrogen) atoms. The molecule has 1 aromatic heterocycles. The topological polar surface area (TPSA) is 59.5 Å². The number of piperidine rings is 1. The van der Waals surface area contributed by atoms with Crippen molar-refractivity contribution in [3.63, 3.8) is 0 Å². The van der Waals surface area contributed by atoms with E-state index >= 15 is 0 Å². The smallest absolute Gasteiger partial charge is 0.339 e. The summed E-state index contributed by atoms with van der Waals surface area (Å²) in [5.74, 6) is 0.0870. The van der Waals surface area contributed by atoms with E-state index in [2.05, 4.69) is 34.0 Å². The van der Waals surface area contributed by atoms with Crippen molar-refractivity contribution < 1.29 is 14.3 Å². The van der Waals surface area contributed by atoms with Gasteiger partial charge in [-0.15, -0.1) is 0 Å². The Balaban J connectivity index is 1.55. The standard InChI is InChI=1S/C20H22N2O3/c1-25-20(24)17-7-8-18(21-14-17)19(23)22-11-9-16(10-12-22)13-15-5-3-2-4-6-15/h2-8,14,16H,9-13H2,1H3. The van der Waals surface area contributed by atoms with Gasteiger partial charge in [-0.1, -0.05) is 30.3 Å². The van der Waals surface area contributed by atoms with Gasteiger partial charge in [0.1, 0.15) is 5.69 Å². The van der Waals surface area contributed by atoms with E-state index < -0.39 is 5.97 Å². The van der Waals surface area contributed by atoms with E-state index in [1.54, 1.807) is 12.1 Å². The molecule has 3 rings (SSSR count). The average molecular weight is 338 g/mol. The van der Waals surface area contributed by atoms with Gasteiger partial charge in [0.25, 0.3) is 5.91 Å². The maximum absolute atomic E-state index is 12.6. The van der Waals surface area contributed by atoms with E-state index in [0.717, 1.165) is 32.4 Å². The SMILES string of the molecule is COC(=O)c1ccc(C(=O)N2CCC(Cc3ccccc3)CC2)nc1. The third-order valence-corrected chi connectivity index (χ3v) is 4.67. The first kappa shape index (κ1) is 17.1. The van der Waals surface area contributed by atoms with Crippen molar-refractivity contribution in [2.24, 2.45) is 5.92 Å². The zero-order chi connectivity index (χ0) is 17.6. The van der Waals surface area contributed by atoms with E-state index in [1.165, 1.54) is 18.9 Å². The highest BCUT2D eigenvalue weighted by Gasteiger charge is 2.24. The summed E-state index contributed by atoms with van der Waals surface area (Å²) >= 11 is 0. The number of carbonyl (C=O) groups excluding carboxylic acids is 2. The number of benzene rings is 1. The monoisotopic (exact) mass is 338 g/mol. The van der Waals surface area contributed by atoms with Gasteiger partial charge in [-0.25, -0.2) is 4.79 Å². The number of amides is 1. The van der Waals surface area contributed by atoms with Gasteiger partial charge in [-0.3, -0.25) is 9.78 Å². The lowest BCUT2D eigenvalue weighted by Gasteiger charge is -2.32. The number of esters is 1. The number of pyridine rings is 1. The molecule has 5 heteroatoms. The molecule has 2 heterocycles. The van der Waals surface area contributed by atoms with Gasteiger partial charge in [0.15, 0.2) is 0 Å². The summed E-state index contributed by atoms with van der Waals surface area (Å²) in [7, 11) is 1.32. The molecular formula is C20H22N2O3. The third-order valence-electron chi connectivity index (χ3n) is 4.67. The Labute approximate surface area is 147 Å². The molecule has 130 valence electrons. The van der Waals surface area contributed by atoms with Crippen LogP contribution in [0.5, 0.6) is 0 Å². The largest absolute Gasteiger partial charge is 0.465 e. The van der Waals surface area contributed by atoms with Crippen LogP contribution in [0.15, 0.2) is 48.7 Å². The van der Waals surface area contributed by atoms with Gasteiger partial charge < -0.3 is 9.64 Å². The lowest BCUT2D eigenvalue weighted by molar-refractivity contribution is 0.0598. The molecule has 1 saturated heterocycles. The molecule has 0 bridgehead atoms. The molecule has 0 radical (unpaired) electrons.